The van der Waals surface area contributed by atoms with E-state index < -0.39 is 0 Å². The average Bonchev–Trinajstić information content (AvgIpc) is 2.74. The van der Waals surface area contributed by atoms with E-state index in [2.05, 4.69) is 94.5 Å². The summed E-state index contributed by atoms with van der Waals surface area (Å²) in [6.07, 6.45) is 1.08. The summed E-state index contributed by atoms with van der Waals surface area (Å²) in [7, 11) is 0. The van der Waals surface area contributed by atoms with Crippen LogP contribution in [0.1, 0.15) is 63.8 Å². The van der Waals surface area contributed by atoms with Gasteiger partial charge in [-0.3, -0.25) is 0 Å². The molecule has 1 aliphatic rings. The molecule has 0 N–H and O–H groups in total. The highest BCUT2D eigenvalue weighted by molar-refractivity contribution is 14.1. The summed E-state index contributed by atoms with van der Waals surface area (Å²) in [5, 5.41) is 0. The Balaban J connectivity index is 2.13. The second-order valence-corrected chi connectivity index (χ2v) is 9.70. The molecule has 1 heteroatoms. The average molecular weight is 404 g/mol. The van der Waals surface area contributed by atoms with E-state index in [0.29, 0.717) is 0 Å². The largest absolute Gasteiger partial charge is 0.0579 e. The molecule has 0 spiro atoms. The van der Waals surface area contributed by atoms with E-state index >= 15 is 0 Å². The summed E-state index contributed by atoms with van der Waals surface area (Å²) in [5.41, 5.74) is 9.19. The third-order valence-corrected chi connectivity index (χ3v) is 5.51. The Hall–Kier alpha value is -0.830. The van der Waals surface area contributed by atoms with Gasteiger partial charge >= 0.3 is 0 Å². The molecule has 0 amide bonds. The van der Waals surface area contributed by atoms with Crippen molar-refractivity contribution in [1.29, 1.82) is 0 Å². The zero-order chi connectivity index (χ0) is 16.3. The van der Waals surface area contributed by atoms with Crippen LogP contribution in [0.2, 0.25) is 0 Å². The molecule has 0 aliphatic heterocycles. The van der Waals surface area contributed by atoms with Crippen LogP contribution in [0.4, 0.5) is 0 Å². The molecule has 22 heavy (non-hydrogen) atoms. The summed E-state index contributed by atoms with van der Waals surface area (Å²) in [5.74, 6) is 0. The summed E-state index contributed by atoms with van der Waals surface area (Å²) in [6.45, 7) is 13.8. The van der Waals surface area contributed by atoms with Crippen molar-refractivity contribution in [2.75, 3.05) is 0 Å². The normalized spacial score (nSPS) is 14.0. The highest BCUT2D eigenvalue weighted by atomic mass is 127. The smallest absolute Gasteiger partial charge is 0.0214 e. The number of rotatable bonds is 0. The molecule has 1 aliphatic carbocycles. The van der Waals surface area contributed by atoms with E-state index in [9.17, 15) is 0 Å². The van der Waals surface area contributed by atoms with Crippen molar-refractivity contribution >= 4 is 22.6 Å². The lowest BCUT2D eigenvalue weighted by Crippen LogP contribution is -2.12. The maximum atomic E-state index is 2.51. The molecule has 0 aromatic heterocycles. The predicted octanol–water partition coefficient (Wildman–Crippen LogP) is 6.46. The molecule has 0 unspecified atom stereocenters. The van der Waals surface area contributed by atoms with Crippen LogP contribution in [-0.4, -0.2) is 0 Å². The first-order chi connectivity index (χ1) is 10.1. The van der Waals surface area contributed by atoms with Gasteiger partial charge in [0.25, 0.3) is 0 Å². The maximum absolute atomic E-state index is 2.51. The first-order valence-corrected chi connectivity index (χ1v) is 9.12. The Kier molecular flexibility index (Phi) is 3.71. The SMILES string of the molecule is CC(C)(C)c1ccc2c(c1)Cc1cc(C(C)(C)C)cc(I)c1-2. The van der Waals surface area contributed by atoms with Crippen molar-refractivity contribution in [2.45, 2.75) is 58.8 Å². The fourth-order valence-corrected chi connectivity index (χ4v) is 4.17. The van der Waals surface area contributed by atoms with Crippen molar-refractivity contribution in [3.8, 4) is 11.1 Å². The lowest BCUT2D eigenvalue weighted by molar-refractivity contribution is 0.589. The Labute approximate surface area is 148 Å². The van der Waals surface area contributed by atoms with Crippen LogP contribution >= 0.6 is 22.6 Å². The van der Waals surface area contributed by atoms with Crippen LogP contribution in [-0.2, 0) is 17.3 Å². The lowest BCUT2D eigenvalue weighted by Gasteiger charge is -2.21. The van der Waals surface area contributed by atoms with Crippen LogP contribution in [0, 0.1) is 3.57 Å². The standard InChI is InChI=1S/C21H25I/c1-20(2,3)15-7-8-17-13(10-15)9-14-11-16(21(4,5)6)12-18(22)19(14)17/h7-8,10-12H,9H2,1-6H3. The second-order valence-electron chi connectivity index (χ2n) is 8.54. The highest BCUT2D eigenvalue weighted by Gasteiger charge is 2.26. The maximum Gasteiger partial charge on any atom is 0.0214 e. The summed E-state index contributed by atoms with van der Waals surface area (Å²) < 4.78 is 1.39. The fraction of sp³-hybridized carbons (Fsp3) is 0.429. The van der Waals surface area contributed by atoms with Crippen molar-refractivity contribution in [3.63, 3.8) is 0 Å². The quantitative estimate of drug-likeness (QED) is 0.378. The van der Waals surface area contributed by atoms with Gasteiger partial charge in [-0.25, -0.2) is 0 Å². The zero-order valence-corrected chi connectivity index (χ0v) is 16.6. The molecule has 0 fully saturated rings. The van der Waals surface area contributed by atoms with Gasteiger partial charge in [-0.15, -0.1) is 0 Å². The van der Waals surface area contributed by atoms with Crippen molar-refractivity contribution in [3.05, 3.63) is 56.2 Å². The summed E-state index contributed by atoms with van der Waals surface area (Å²) in [6, 6.07) is 11.9. The summed E-state index contributed by atoms with van der Waals surface area (Å²) in [4.78, 5) is 0. The number of benzene rings is 2. The monoisotopic (exact) mass is 404 g/mol. The van der Waals surface area contributed by atoms with E-state index in [1.165, 1.54) is 37.0 Å². The molecular formula is C21H25I. The van der Waals surface area contributed by atoms with Crippen molar-refractivity contribution in [2.24, 2.45) is 0 Å². The number of fused-ring (bicyclic) bond motifs is 3. The number of halogens is 1. The molecule has 0 saturated carbocycles. The molecular weight excluding hydrogens is 379 g/mol. The molecule has 0 heterocycles. The van der Waals surface area contributed by atoms with E-state index in [0.717, 1.165) is 6.42 Å². The molecule has 0 atom stereocenters. The molecule has 0 bridgehead atoms. The van der Waals surface area contributed by atoms with Gasteiger partial charge in [-0.05, 0) is 79.3 Å². The molecule has 2 aromatic carbocycles. The molecule has 116 valence electrons. The van der Waals surface area contributed by atoms with Gasteiger partial charge in [-0.1, -0.05) is 65.8 Å². The van der Waals surface area contributed by atoms with Gasteiger partial charge < -0.3 is 0 Å². The highest BCUT2D eigenvalue weighted by Crippen LogP contribution is 2.43. The van der Waals surface area contributed by atoms with Gasteiger partial charge in [0.2, 0.25) is 0 Å². The minimum atomic E-state index is 0.209. The van der Waals surface area contributed by atoms with Crippen LogP contribution in [0.15, 0.2) is 30.3 Å². The molecule has 0 radical (unpaired) electrons. The first-order valence-electron chi connectivity index (χ1n) is 8.04. The molecule has 0 nitrogen and oxygen atoms in total. The van der Waals surface area contributed by atoms with E-state index in [-0.39, 0.29) is 10.8 Å². The third kappa shape index (κ3) is 2.73. The molecule has 2 aromatic rings. The number of hydrogen-bond donors (Lipinski definition) is 0. The van der Waals surface area contributed by atoms with Crippen LogP contribution in [0.5, 0.6) is 0 Å². The number of hydrogen-bond acceptors (Lipinski definition) is 0. The van der Waals surface area contributed by atoms with E-state index in [1.54, 1.807) is 0 Å². The Bertz CT molecular complexity index is 740. The van der Waals surface area contributed by atoms with E-state index in [1.807, 2.05) is 0 Å². The van der Waals surface area contributed by atoms with Gasteiger partial charge in [-0.2, -0.15) is 0 Å². The van der Waals surface area contributed by atoms with Crippen molar-refractivity contribution < 1.29 is 0 Å². The minimum absolute atomic E-state index is 0.209. The van der Waals surface area contributed by atoms with Crippen LogP contribution in [0.25, 0.3) is 11.1 Å². The Morgan fingerprint density at radius 1 is 0.773 bits per heavy atom. The Morgan fingerprint density at radius 3 is 1.95 bits per heavy atom. The van der Waals surface area contributed by atoms with Crippen LogP contribution in [0.3, 0.4) is 0 Å². The van der Waals surface area contributed by atoms with Crippen molar-refractivity contribution in [1.82, 2.24) is 0 Å². The van der Waals surface area contributed by atoms with Gasteiger partial charge in [0.05, 0.1) is 0 Å². The zero-order valence-electron chi connectivity index (χ0n) is 14.5. The van der Waals surface area contributed by atoms with E-state index in [4.69, 9.17) is 0 Å². The Morgan fingerprint density at radius 2 is 1.36 bits per heavy atom. The minimum Gasteiger partial charge on any atom is -0.0579 e. The molecule has 0 saturated heterocycles. The van der Waals surface area contributed by atoms with Gasteiger partial charge in [0, 0.05) is 3.57 Å². The topological polar surface area (TPSA) is 0 Å². The van der Waals surface area contributed by atoms with Gasteiger partial charge in [0.15, 0.2) is 0 Å². The molecule has 3 rings (SSSR count). The van der Waals surface area contributed by atoms with Crippen LogP contribution < -0.4 is 0 Å². The third-order valence-electron chi connectivity index (χ3n) is 4.66. The predicted molar refractivity (Wildman–Crippen MR) is 105 cm³/mol. The van der Waals surface area contributed by atoms with Gasteiger partial charge in [0.1, 0.15) is 0 Å². The lowest BCUT2D eigenvalue weighted by atomic mass is 9.85. The fourth-order valence-electron chi connectivity index (χ4n) is 3.19. The summed E-state index contributed by atoms with van der Waals surface area (Å²) >= 11 is 2.51. The first kappa shape index (κ1) is 16.0. The second kappa shape index (κ2) is 5.09.